The summed E-state index contributed by atoms with van der Waals surface area (Å²) in [5.74, 6) is 0.717. The highest BCUT2D eigenvalue weighted by Gasteiger charge is 2.23. The van der Waals surface area contributed by atoms with E-state index in [4.69, 9.17) is 4.74 Å². The summed E-state index contributed by atoms with van der Waals surface area (Å²) in [7, 11) is 1.59. The van der Waals surface area contributed by atoms with Crippen molar-refractivity contribution >= 4 is 0 Å². The molecule has 1 aliphatic heterocycles. The SMILES string of the molecule is COCc1cc(=O)[nH]c([C@@H]2CCCN(Cc3ccc(F)cc3)C2)n1. The molecule has 0 aliphatic carbocycles. The molecule has 0 radical (unpaired) electrons. The minimum Gasteiger partial charge on any atom is -0.378 e. The molecule has 1 aromatic carbocycles. The number of H-pyrrole nitrogens is 1. The van der Waals surface area contributed by atoms with E-state index in [0.717, 1.165) is 43.9 Å². The van der Waals surface area contributed by atoms with Crippen molar-refractivity contribution < 1.29 is 9.13 Å². The summed E-state index contributed by atoms with van der Waals surface area (Å²) in [5, 5.41) is 0. The Kier molecular flexibility index (Phi) is 5.37. The minimum atomic E-state index is -0.216. The van der Waals surface area contributed by atoms with Gasteiger partial charge in [0.1, 0.15) is 11.6 Å². The Morgan fingerprint density at radius 1 is 1.38 bits per heavy atom. The van der Waals surface area contributed by atoms with E-state index in [1.54, 1.807) is 7.11 Å². The van der Waals surface area contributed by atoms with Crippen molar-refractivity contribution in [3.8, 4) is 0 Å². The lowest BCUT2D eigenvalue weighted by molar-refractivity contribution is 0.178. The van der Waals surface area contributed by atoms with E-state index in [-0.39, 0.29) is 17.3 Å². The lowest BCUT2D eigenvalue weighted by Gasteiger charge is -2.32. The maximum atomic E-state index is 13.0. The van der Waals surface area contributed by atoms with Crippen molar-refractivity contribution in [2.24, 2.45) is 0 Å². The highest BCUT2D eigenvalue weighted by Crippen LogP contribution is 2.25. The number of likely N-dealkylation sites (tertiary alicyclic amines) is 1. The van der Waals surface area contributed by atoms with E-state index < -0.39 is 0 Å². The van der Waals surface area contributed by atoms with Crippen molar-refractivity contribution in [3.63, 3.8) is 0 Å². The van der Waals surface area contributed by atoms with Crippen LogP contribution in [0.5, 0.6) is 0 Å². The van der Waals surface area contributed by atoms with Crippen molar-refractivity contribution in [2.75, 3.05) is 20.2 Å². The molecule has 5 nitrogen and oxygen atoms in total. The van der Waals surface area contributed by atoms with E-state index >= 15 is 0 Å². The average molecular weight is 331 g/mol. The predicted octanol–water partition coefficient (Wildman–Crippen LogP) is 2.44. The van der Waals surface area contributed by atoms with E-state index in [2.05, 4.69) is 14.9 Å². The number of ether oxygens (including phenoxy) is 1. The summed E-state index contributed by atoms with van der Waals surface area (Å²) in [6.45, 7) is 2.94. The van der Waals surface area contributed by atoms with Crippen LogP contribution < -0.4 is 5.56 Å². The van der Waals surface area contributed by atoms with Crippen LogP contribution in [0, 0.1) is 5.82 Å². The van der Waals surface area contributed by atoms with Crippen molar-refractivity contribution in [3.05, 3.63) is 63.6 Å². The van der Waals surface area contributed by atoms with Gasteiger partial charge in [0, 0.05) is 32.2 Å². The standard InChI is InChI=1S/C18H22FN3O2/c1-24-12-16-9-17(23)21-18(20-16)14-3-2-8-22(11-14)10-13-4-6-15(19)7-5-13/h4-7,9,14H,2-3,8,10-12H2,1H3,(H,20,21,23)/t14-/m1/s1. The van der Waals surface area contributed by atoms with Crippen molar-refractivity contribution in [1.29, 1.82) is 0 Å². The summed E-state index contributed by atoms with van der Waals surface area (Å²) in [6.07, 6.45) is 2.05. The second-order valence-electron chi connectivity index (χ2n) is 6.26. The zero-order valence-corrected chi connectivity index (χ0v) is 13.8. The normalized spacial score (nSPS) is 18.7. The Hall–Kier alpha value is -2.05. The first-order chi connectivity index (χ1) is 11.6. The number of rotatable bonds is 5. The molecule has 1 atom stereocenters. The molecule has 1 aliphatic rings. The second-order valence-corrected chi connectivity index (χ2v) is 6.26. The smallest absolute Gasteiger partial charge is 0.251 e. The van der Waals surface area contributed by atoms with Crippen LogP contribution >= 0.6 is 0 Å². The van der Waals surface area contributed by atoms with Gasteiger partial charge in [-0.3, -0.25) is 9.69 Å². The molecule has 0 amide bonds. The Morgan fingerprint density at radius 2 is 2.17 bits per heavy atom. The van der Waals surface area contributed by atoms with Gasteiger partial charge in [0.05, 0.1) is 12.3 Å². The van der Waals surface area contributed by atoms with E-state index in [1.807, 2.05) is 12.1 Å². The van der Waals surface area contributed by atoms with Crippen LogP contribution in [0.1, 0.15) is 35.8 Å². The van der Waals surface area contributed by atoms with Crippen LogP contribution in [0.25, 0.3) is 0 Å². The molecule has 3 rings (SSSR count). The predicted molar refractivity (Wildman–Crippen MR) is 89.2 cm³/mol. The third-order valence-electron chi connectivity index (χ3n) is 4.32. The van der Waals surface area contributed by atoms with Gasteiger partial charge in [0.25, 0.3) is 5.56 Å². The number of benzene rings is 1. The van der Waals surface area contributed by atoms with Gasteiger partial charge < -0.3 is 9.72 Å². The van der Waals surface area contributed by atoms with Crippen LogP contribution in [0.4, 0.5) is 4.39 Å². The highest BCUT2D eigenvalue weighted by molar-refractivity contribution is 5.16. The quantitative estimate of drug-likeness (QED) is 0.914. The van der Waals surface area contributed by atoms with Gasteiger partial charge in [-0.25, -0.2) is 9.37 Å². The number of hydrogen-bond acceptors (Lipinski definition) is 4. The average Bonchev–Trinajstić information content (AvgIpc) is 2.57. The summed E-state index contributed by atoms with van der Waals surface area (Å²) in [4.78, 5) is 21.6. The van der Waals surface area contributed by atoms with Crippen molar-refractivity contribution in [1.82, 2.24) is 14.9 Å². The van der Waals surface area contributed by atoms with Gasteiger partial charge in [0.2, 0.25) is 0 Å². The molecule has 1 saturated heterocycles. The zero-order valence-electron chi connectivity index (χ0n) is 13.8. The number of piperidine rings is 1. The highest BCUT2D eigenvalue weighted by atomic mass is 19.1. The van der Waals surface area contributed by atoms with Gasteiger partial charge in [-0.15, -0.1) is 0 Å². The number of nitrogens with one attached hydrogen (secondary N) is 1. The van der Waals surface area contributed by atoms with E-state index in [9.17, 15) is 9.18 Å². The largest absolute Gasteiger partial charge is 0.378 e. The minimum absolute atomic E-state index is 0.136. The first-order valence-corrected chi connectivity index (χ1v) is 8.20. The van der Waals surface area contributed by atoms with Crippen LogP contribution in [0.2, 0.25) is 0 Å². The van der Waals surface area contributed by atoms with Gasteiger partial charge >= 0.3 is 0 Å². The molecule has 6 heteroatoms. The molecule has 128 valence electrons. The van der Waals surface area contributed by atoms with Gasteiger partial charge in [-0.05, 0) is 37.1 Å². The van der Waals surface area contributed by atoms with Crippen LogP contribution in [0.3, 0.4) is 0 Å². The summed E-state index contributed by atoms with van der Waals surface area (Å²) < 4.78 is 18.1. The molecule has 2 aromatic rings. The number of nitrogens with zero attached hydrogens (tertiary/aromatic N) is 2. The van der Waals surface area contributed by atoms with Gasteiger partial charge in [0.15, 0.2) is 0 Å². The van der Waals surface area contributed by atoms with Crippen LogP contribution in [0.15, 0.2) is 35.1 Å². The van der Waals surface area contributed by atoms with Crippen molar-refractivity contribution in [2.45, 2.75) is 31.9 Å². The number of hydrogen-bond donors (Lipinski definition) is 1. The second kappa shape index (κ2) is 7.68. The third-order valence-corrected chi connectivity index (χ3v) is 4.32. The molecule has 1 N–H and O–H groups in total. The molecule has 1 aromatic heterocycles. The Balaban J connectivity index is 1.71. The molecule has 0 unspecified atom stereocenters. The number of aromatic nitrogens is 2. The summed E-state index contributed by atoms with van der Waals surface area (Å²) in [5.41, 5.74) is 1.61. The summed E-state index contributed by atoms with van der Waals surface area (Å²) in [6, 6.07) is 8.09. The first kappa shape index (κ1) is 16.8. The summed E-state index contributed by atoms with van der Waals surface area (Å²) >= 11 is 0. The Bertz CT molecular complexity index is 730. The molecule has 0 saturated carbocycles. The Morgan fingerprint density at radius 3 is 2.92 bits per heavy atom. The molecular formula is C18H22FN3O2. The molecular weight excluding hydrogens is 309 g/mol. The van der Waals surface area contributed by atoms with E-state index in [1.165, 1.54) is 18.2 Å². The van der Waals surface area contributed by atoms with Gasteiger partial charge in [-0.1, -0.05) is 12.1 Å². The van der Waals surface area contributed by atoms with Crippen LogP contribution in [-0.2, 0) is 17.9 Å². The molecule has 1 fully saturated rings. The molecule has 0 bridgehead atoms. The van der Waals surface area contributed by atoms with Gasteiger partial charge in [-0.2, -0.15) is 0 Å². The van der Waals surface area contributed by atoms with E-state index in [0.29, 0.717) is 12.3 Å². The molecule has 0 spiro atoms. The Labute approximate surface area is 140 Å². The maximum Gasteiger partial charge on any atom is 0.251 e. The number of halogens is 1. The number of methoxy groups -OCH3 is 1. The zero-order chi connectivity index (χ0) is 16.9. The number of aromatic amines is 1. The fraction of sp³-hybridized carbons (Fsp3) is 0.444. The third kappa shape index (κ3) is 4.27. The fourth-order valence-corrected chi connectivity index (χ4v) is 3.21. The first-order valence-electron chi connectivity index (χ1n) is 8.20. The maximum absolute atomic E-state index is 13.0. The molecule has 24 heavy (non-hydrogen) atoms. The lowest BCUT2D eigenvalue weighted by Crippen LogP contribution is -2.35. The lowest BCUT2D eigenvalue weighted by atomic mass is 9.96. The molecule has 2 heterocycles. The van der Waals surface area contributed by atoms with Crippen LogP contribution in [-0.4, -0.2) is 35.1 Å². The topological polar surface area (TPSA) is 58.2 Å². The fourth-order valence-electron chi connectivity index (χ4n) is 3.21. The monoisotopic (exact) mass is 331 g/mol.